The summed E-state index contributed by atoms with van der Waals surface area (Å²) in [5, 5.41) is 7.70. The summed E-state index contributed by atoms with van der Waals surface area (Å²) < 4.78 is 5.21. The van der Waals surface area contributed by atoms with E-state index in [-0.39, 0.29) is 30.2 Å². The van der Waals surface area contributed by atoms with Gasteiger partial charge in [-0.05, 0) is 48.9 Å². The second-order valence-corrected chi connectivity index (χ2v) is 9.25. The summed E-state index contributed by atoms with van der Waals surface area (Å²) in [6, 6.07) is 18.6. The Balaban J connectivity index is 1.51. The molecule has 0 aliphatic carbocycles. The number of aromatic nitrogens is 1. The van der Waals surface area contributed by atoms with Crippen LogP contribution >= 0.6 is 11.6 Å². The Labute approximate surface area is 198 Å². The van der Waals surface area contributed by atoms with Crippen molar-refractivity contribution in [1.29, 1.82) is 0 Å². The molecule has 0 radical (unpaired) electrons. The molecule has 1 saturated heterocycles. The second kappa shape index (κ2) is 10.2. The quantitative estimate of drug-likeness (QED) is 0.556. The van der Waals surface area contributed by atoms with Crippen LogP contribution in [0.1, 0.15) is 42.0 Å². The number of benzene rings is 2. The predicted octanol–water partition coefficient (Wildman–Crippen LogP) is 4.52. The van der Waals surface area contributed by atoms with Gasteiger partial charge in [0.2, 0.25) is 11.8 Å². The molecular weight excluding hydrogens is 438 g/mol. The maximum atomic E-state index is 13.4. The molecule has 0 saturated carbocycles. The number of hydrogen-bond donors (Lipinski definition) is 1. The number of hydrogen-bond acceptors (Lipinski definition) is 4. The van der Waals surface area contributed by atoms with E-state index in [1.54, 1.807) is 11.0 Å². The third-order valence-electron chi connectivity index (χ3n) is 6.01. The summed E-state index contributed by atoms with van der Waals surface area (Å²) in [6.07, 6.45) is 1.37. The fourth-order valence-corrected chi connectivity index (χ4v) is 4.51. The molecule has 0 unspecified atom stereocenters. The van der Waals surface area contributed by atoms with Crippen LogP contribution in [0.5, 0.6) is 0 Å². The standard InChI is InChI=1S/C26H28ClN3O3/c1-17-12-24(30(16-17)25(31)15-22-13-18(2)29-33-22)26(32)28-23(14-19-6-4-3-5-7-19)20-8-10-21(27)11-9-20/h3-11,13,17,23-24H,12,14-16H2,1-2H3,(H,28,32)/t17-,23+,24+/m1/s1. The van der Waals surface area contributed by atoms with Crippen LogP contribution in [0.2, 0.25) is 5.02 Å². The predicted molar refractivity (Wildman–Crippen MR) is 127 cm³/mol. The number of nitrogens with one attached hydrogen (secondary N) is 1. The Morgan fingerprint density at radius 2 is 1.91 bits per heavy atom. The first-order chi connectivity index (χ1) is 15.9. The Bertz CT molecular complexity index is 1100. The summed E-state index contributed by atoms with van der Waals surface area (Å²) in [5.41, 5.74) is 2.82. The lowest BCUT2D eigenvalue weighted by Gasteiger charge is -2.27. The zero-order chi connectivity index (χ0) is 23.4. The van der Waals surface area contributed by atoms with Crippen LogP contribution in [0.25, 0.3) is 0 Å². The fraction of sp³-hybridized carbons (Fsp3) is 0.346. The zero-order valence-electron chi connectivity index (χ0n) is 18.8. The van der Waals surface area contributed by atoms with Crippen molar-refractivity contribution in [2.24, 2.45) is 5.92 Å². The third-order valence-corrected chi connectivity index (χ3v) is 6.26. The number of carbonyl (C=O) groups excluding carboxylic acids is 2. The monoisotopic (exact) mass is 465 g/mol. The molecule has 3 atom stereocenters. The van der Waals surface area contributed by atoms with Crippen LogP contribution in [0.15, 0.2) is 65.2 Å². The van der Waals surface area contributed by atoms with E-state index in [0.29, 0.717) is 30.2 Å². The number of halogens is 1. The Morgan fingerprint density at radius 1 is 1.18 bits per heavy atom. The van der Waals surface area contributed by atoms with Crippen LogP contribution in [0.3, 0.4) is 0 Å². The van der Waals surface area contributed by atoms with Crippen LogP contribution in [-0.4, -0.2) is 34.5 Å². The van der Waals surface area contributed by atoms with E-state index in [0.717, 1.165) is 16.8 Å². The molecular formula is C26H28ClN3O3. The van der Waals surface area contributed by atoms with E-state index in [4.69, 9.17) is 16.1 Å². The molecule has 1 N–H and O–H groups in total. The van der Waals surface area contributed by atoms with Gasteiger partial charge in [-0.2, -0.15) is 0 Å². The van der Waals surface area contributed by atoms with Crippen LogP contribution in [0, 0.1) is 12.8 Å². The van der Waals surface area contributed by atoms with Crippen molar-refractivity contribution in [2.75, 3.05) is 6.54 Å². The van der Waals surface area contributed by atoms with Crippen LogP contribution < -0.4 is 5.32 Å². The van der Waals surface area contributed by atoms with E-state index in [9.17, 15) is 9.59 Å². The molecule has 2 amide bonds. The molecule has 1 aliphatic heterocycles. The van der Waals surface area contributed by atoms with Crippen LogP contribution in [0.4, 0.5) is 0 Å². The first kappa shape index (κ1) is 23.1. The summed E-state index contributed by atoms with van der Waals surface area (Å²) in [6.45, 7) is 4.43. The third kappa shape index (κ3) is 5.82. The summed E-state index contributed by atoms with van der Waals surface area (Å²) >= 11 is 6.08. The molecule has 4 rings (SSSR count). The molecule has 33 heavy (non-hydrogen) atoms. The van der Waals surface area contributed by atoms with Crippen molar-refractivity contribution in [1.82, 2.24) is 15.4 Å². The van der Waals surface area contributed by atoms with Crippen molar-refractivity contribution in [2.45, 2.75) is 45.2 Å². The van der Waals surface area contributed by atoms with Gasteiger partial charge in [-0.3, -0.25) is 9.59 Å². The smallest absolute Gasteiger partial charge is 0.243 e. The van der Waals surface area contributed by atoms with Gasteiger partial charge < -0.3 is 14.7 Å². The summed E-state index contributed by atoms with van der Waals surface area (Å²) in [5.74, 6) is 0.489. The van der Waals surface area contributed by atoms with E-state index in [2.05, 4.69) is 17.4 Å². The minimum absolute atomic E-state index is 0.0992. The molecule has 0 spiro atoms. The fourth-order valence-electron chi connectivity index (χ4n) is 4.39. The van der Waals surface area contributed by atoms with Crippen molar-refractivity contribution in [3.05, 3.63) is 88.3 Å². The van der Waals surface area contributed by atoms with Gasteiger partial charge in [0.05, 0.1) is 18.2 Å². The van der Waals surface area contributed by atoms with Gasteiger partial charge in [-0.15, -0.1) is 0 Å². The highest BCUT2D eigenvalue weighted by atomic mass is 35.5. The Kier molecular flexibility index (Phi) is 7.14. The molecule has 3 aromatic rings. The largest absolute Gasteiger partial charge is 0.361 e. The van der Waals surface area contributed by atoms with Gasteiger partial charge in [0.25, 0.3) is 0 Å². The van der Waals surface area contributed by atoms with Gasteiger partial charge in [-0.1, -0.05) is 66.1 Å². The zero-order valence-corrected chi connectivity index (χ0v) is 19.6. The number of nitrogens with zero attached hydrogens (tertiary/aromatic N) is 2. The summed E-state index contributed by atoms with van der Waals surface area (Å²) in [4.78, 5) is 28.1. The topological polar surface area (TPSA) is 75.4 Å². The lowest BCUT2D eigenvalue weighted by molar-refractivity contribution is -0.138. The molecule has 1 aliphatic rings. The molecule has 6 nitrogen and oxygen atoms in total. The number of carbonyl (C=O) groups is 2. The highest BCUT2D eigenvalue weighted by Crippen LogP contribution is 2.26. The first-order valence-electron chi connectivity index (χ1n) is 11.2. The average Bonchev–Trinajstić information content (AvgIpc) is 3.39. The molecule has 2 aromatic carbocycles. The minimum Gasteiger partial charge on any atom is -0.361 e. The van der Waals surface area contributed by atoms with Gasteiger partial charge in [0.15, 0.2) is 0 Å². The number of aryl methyl sites for hydroxylation is 1. The molecule has 2 heterocycles. The Morgan fingerprint density at radius 3 is 2.58 bits per heavy atom. The van der Waals surface area contributed by atoms with Crippen LogP contribution in [-0.2, 0) is 22.4 Å². The van der Waals surface area contributed by atoms with Gasteiger partial charge >= 0.3 is 0 Å². The number of rotatable bonds is 7. The van der Waals surface area contributed by atoms with E-state index in [1.807, 2.05) is 61.5 Å². The normalized spacial score (nSPS) is 18.8. The van der Waals surface area contributed by atoms with Gasteiger partial charge in [0.1, 0.15) is 11.8 Å². The molecule has 7 heteroatoms. The highest BCUT2D eigenvalue weighted by molar-refractivity contribution is 6.30. The highest BCUT2D eigenvalue weighted by Gasteiger charge is 2.38. The Hall–Kier alpha value is -3.12. The van der Waals surface area contributed by atoms with E-state index < -0.39 is 6.04 Å². The van der Waals surface area contributed by atoms with Crippen molar-refractivity contribution >= 4 is 23.4 Å². The lowest BCUT2D eigenvalue weighted by atomic mass is 9.98. The molecule has 0 bridgehead atoms. The number of likely N-dealkylation sites (tertiary alicyclic amines) is 1. The van der Waals surface area contributed by atoms with E-state index in [1.165, 1.54) is 0 Å². The van der Waals surface area contributed by atoms with Crippen molar-refractivity contribution < 1.29 is 14.1 Å². The maximum Gasteiger partial charge on any atom is 0.243 e. The van der Waals surface area contributed by atoms with E-state index >= 15 is 0 Å². The van der Waals surface area contributed by atoms with Crippen molar-refractivity contribution in [3.63, 3.8) is 0 Å². The first-order valence-corrected chi connectivity index (χ1v) is 11.6. The van der Waals surface area contributed by atoms with Crippen molar-refractivity contribution in [3.8, 4) is 0 Å². The second-order valence-electron chi connectivity index (χ2n) is 8.82. The van der Waals surface area contributed by atoms with Gasteiger partial charge in [0, 0.05) is 17.6 Å². The molecule has 1 fully saturated rings. The summed E-state index contributed by atoms with van der Waals surface area (Å²) in [7, 11) is 0. The molecule has 1 aromatic heterocycles. The maximum absolute atomic E-state index is 13.4. The minimum atomic E-state index is -0.512. The SMILES string of the molecule is Cc1cc(CC(=O)N2C[C@H](C)C[C@H]2C(=O)N[C@@H](Cc2ccccc2)c2ccc(Cl)cc2)on1. The molecule has 172 valence electrons. The van der Waals surface area contributed by atoms with Gasteiger partial charge in [-0.25, -0.2) is 0 Å². The number of amides is 2. The lowest BCUT2D eigenvalue weighted by Crippen LogP contribution is -2.47. The average molecular weight is 466 g/mol.